The molecule has 4 aliphatic rings. The SMILES string of the molecule is CC(C)N=C(N)/C=C\Nc1cc(OC2CC(C(N)=O)N(C(=O)[C@@H](NC(=O)OC3CC4CC4C3)C(C)(C)C)C2)c2ccc(OCCN3CCOCC3)cc2n1. The fraction of sp³-hybridized carbons (Fsp3) is 0.615. The summed E-state index contributed by atoms with van der Waals surface area (Å²) >= 11 is 0. The molecule has 2 aliphatic carbocycles. The van der Waals surface area contributed by atoms with Crippen molar-refractivity contribution in [1.82, 2.24) is 20.1 Å². The summed E-state index contributed by atoms with van der Waals surface area (Å²) in [5, 5.41) is 6.70. The Morgan fingerprint density at radius 3 is 2.48 bits per heavy atom. The fourth-order valence-electron chi connectivity index (χ4n) is 7.56. The van der Waals surface area contributed by atoms with Gasteiger partial charge in [-0.2, -0.15) is 0 Å². The third kappa shape index (κ3) is 10.1. The second-order valence-corrected chi connectivity index (χ2v) is 16.2. The van der Waals surface area contributed by atoms with E-state index in [0.29, 0.717) is 52.5 Å². The zero-order valence-corrected chi connectivity index (χ0v) is 32.1. The van der Waals surface area contributed by atoms with Gasteiger partial charge in [-0.15, -0.1) is 0 Å². The number of rotatable bonds is 14. The van der Waals surface area contributed by atoms with Gasteiger partial charge in [-0.1, -0.05) is 20.8 Å². The summed E-state index contributed by atoms with van der Waals surface area (Å²) in [6.45, 7) is 14.0. The van der Waals surface area contributed by atoms with Crippen molar-refractivity contribution in [3.63, 3.8) is 0 Å². The molecular weight excluding hydrogens is 692 g/mol. The third-order valence-electron chi connectivity index (χ3n) is 10.4. The van der Waals surface area contributed by atoms with E-state index in [1.54, 1.807) is 18.3 Å². The quantitative estimate of drug-likeness (QED) is 0.163. The number of amides is 3. The zero-order chi connectivity index (χ0) is 38.6. The van der Waals surface area contributed by atoms with Crippen LogP contribution in [-0.4, -0.2) is 115 Å². The minimum absolute atomic E-state index is 0.0443. The van der Waals surface area contributed by atoms with Gasteiger partial charge in [0.05, 0.1) is 25.3 Å². The van der Waals surface area contributed by atoms with Crippen LogP contribution in [0.25, 0.3) is 10.9 Å². The van der Waals surface area contributed by atoms with E-state index in [2.05, 4.69) is 20.5 Å². The lowest BCUT2D eigenvalue weighted by molar-refractivity contribution is -0.141. The lowest BCUT2D eigenvalue weighted by Crippen LogP contribution is -2.57. The number of nitrogens with one attached hydrogen (secondary N) is 2. The predicted molar refractivity (Wildman–Crippen MR) is 205 cm³/mol. The van der Waals surface area contributed by atoms with Gasteiger partial charge in [-0.3, -0.25) is 19.5 Å². The number of carbonyl (C=O) groups excluding carboxylic acids is 3. The second kappa shape index (κ2) is 16.8. The number of carbonyl (C=O) groups is 3. The van der Waals surface area contributed by atoms with Gasteiger partial charge in [0.1, 0.15) is 54.1 Å². The molecule has 2 saturated carbocycles. The lowest BCUT2D eigenvalue weighted by Gasteiger charge is -2.35. The number of primary amides is 1. The first kappa shape index (κ1) is 39.1. The van der Waals surface area contributed by atoms with E-state index in [1.807, 2.05) is 52.8 Å². The van der Waals surface area contributed by atoms with Gasteiger partial charge >= 0.3 is 6.09 Å². The van der Waals surface area contributed by atoms with Crippen LogP contribution in [-0.2, 0) is 19.1 Å². The Morgan fingerprint density at radius 2 is 1.80 bits per heavy atom. The number of aliphatic imine (C=N–C) groups is 1. The molecule has 15 nitrogen and oxygen atoms in total. The molecule has 15 heteroatoms. The first-order chi connectivity index (χ1) is 25.7. The molecule has 3 heterocycles. The van der Waals surface area contributed by atoms with Crippen molar-refractivity contribution in [3.05, 3.63) is 36.5 Å². The Bertz CT molecular complexity index is 1730. The summed E-state index contributed by atoms with van der Waals surface area (Å²) in [6.07, 6.45) is 5.06. The number of amidine groups is 1. The first-order valence-corrected chi connectivity index (χ1v) is 19.1. The molecule has 6 rings (SSSR count). The maximum absolute atomic E-state index is 14.2. The molecule has 4 fully saturated rings. The standard InChI is InChI=1S/C39H56N8O7/c1-23(2)43-33(40)8-9-42-34-21-32(29-7-6-26(19-30(29)44-34)52-15-12-46-10-13-51-14-11-46)53-28-20-31(36(41)48)47(22-28)37(49)35(39(3,4)5)45-38(50)54-27-17-24-16-25(24)18-27/h6-9,19,21,23-25,27-28,31,35H,10-18,20,22H2,1-5H3,(H2,40,43)(H2,41,48)(H,42,44)(H,45,50)/b9-8-/t24?,25?,27?,28?,31?,35-/m1/s1. The van der Waals surface area contributed by atoms with Gasteiger partial charge in [-0.25, -0.2) is 9.78 Å². The van der Waals surface area contributed by atoms with E-state index >= 15 is 0 Å². The summed E-state index contributed by atoms with van der Waals surface area (Å²) in [4.78, 5) is 52.9. The second-order valence-electron chi connectivity index (χ2n) is 16.2. The lowest BCUT2D eigenvalue weighted by atomic mass is 9.85. The first-order valence-electron chi connectivity index (χ1n) is 19.1. The third-order valence-corrected chi connectivity index (χ3v) is 10.4. The smallest absolute Gasteiger partial charge is 0.408 e. The average Bonchev–Trinajstić information content (AvgIpc) is 3.49. The number of hydrogen-bond acceptors (Lipinski definition) is 11. The number of hydrogen-bond donors (Lipinski definition) is 4. The van der Waals surface area contributed by atoms with E-state index in [4.69, 9.17) is 35.4 Å². The molecule has 3 amide bonds. The van der Waals surface area contributed by atoms with Crippen LogP contribution in [0, 0.1) is 17.3 Å². The van der Waals surface area contributed by atoms with Crippen LogP contribution in [0.1, 0.15) is 60.3 Å². The Kier molecular flexibility index (Phi) is 12.2. The van der Waals surface area contributed by atoms with Crippen LogP contribution in [0.2, 0.25) is 0 Å². The number of nitrogens with zero attached hydrogens (tertiary/aromatic N) is 4. The van der Waals surface area contributed by atoms with Gasteiger partial charge < -0.3 is 45.9 Å². The molecule has 5 atom stereocenters. The predicted octanol–water partition coefficient (Wildman–Crippen LogP) is 3.41. The molecule has 4 unspecified atom stereocenters. The van der Waals surface area contributed by atoms with E-state index in [9.17, 15) is 14.4 Å². The number of ether oxygens (including phenoxy) is 4. The molecule has 0 radical (unpaired) electrons. The van der Waals surface area contributed by atoms with Crippen molar-refractivity contribution >= 4 is 40.5 Å². The van der Waals surface area contributed by atoms with E-state index < -0.39 is 41.5 Å². The molecule has 0 spiro atoms. The number of anilines is 1. The number of fused-ring (bicyclic) bond motifs is 2. The maximum Gasteiger partial charge on any atom is 0.408 e. The van der Waals surface area contributed by atoms with Crippen molar-refractivity contribution in [3.8, 4) is 11.5 Å². The summed E-state index contributed by atoms with van der Waals surface area (Å²) in [7, 11) is 0. The Hall–Kier alpha value is -4.63. The summed E-state index contributed by atoms with van der Waals surface area (Å²) in [6, 6.07) is 5.52. The minimum Gasteiger partial charge on any atom is -0.492 e. The van der Waals surface area contributed by atoms with Crippen molar-refractivity contribution in [2.75, 3.05) is 51.3 Å². The molecule has 2 aromatic rings. The summed E-state index contributed by atoms with van der Waals surface area (Å²) in [5.41, 5.74) is 11.8. The van der Waals surface area contributed by atoms with Crippen molar-refractivity contribution in [2.24, 2.45) is 33.7 Å². The van der Waals surface area contributed by atoms with Gasteiger partial charge in [0.15, 0.2) is 0 Å². The summed E-state index contributed by atoms with van der Waals surface area (Å²) < 4.78 is 23.9. The zero-order valence-electron chi connectivity index (χ0n) is 32.1. The van der Waals surface area contributed by atoms with Crippen LogP contribution in [0.3, 0.4) is 0 Å². The van der Waals surface area contributed by atoms with E-state index in [1.165, 1.54) is 11.3 Å². The molecular formula is C39H56N8O7. The topological polar surface area (TPSA) is 196 Å². The average molecular weight is 749 g/mol. The Morgan fingerprint density at radius 1 is 1.06 bits per heavy atom. The number of aromatic nitrogens is 1. The number of nitrogens with two attached hydrogens (primary N) is 2. The number of benzene rings is 1. The van der Waals surface area contributed by atoms with Crippen LogP contribution < -0.4 is 31.6 Å². The van der Waals surface area contributed by atoms with Crippen LogP contribution in [0.4, 0.5) is 10.6 Å². The van der Waals surface area contributed by atoms with Gasteiger partial charge in [-0.05, 0) is 68.6 Å². The van der Waals surface area contributed by atoms with Crippen LogP contribution in [0.5, 0.6) is 11.5 Å². The molecule has 1 aromatic carbocycles. The normalized spacial score (nSPS) is 25.1. The van der Waals surface area contributed by atoms with Crippen LogP contribution in [0.15, 0.2) is 41.5 Å². The highest BCUT2D eigenvalue weighted by Gasteiger charge is 2.48. The van der Waals surface area contributed by atoms with E-state index in [-0.39, 0.29) is 25.1 Å². The molecule has 2 aliphatic heterocycles. The van der Waals surface area contributed by atoms with Crippen molar-refractivity contribution in [2.45, 2.75) is 90.6 Å². The molecule has 6 N–H and O–H groups in total. The fourth-order valence-corrected chi connectivity index (χ4v) is 7.56. The van der Waals surface area contributed by atoms with Gasteiger partial charge in [0, 0.05) is 55.8 Å². The molecule has 294 valence electrons. The van der Waals surface area contributed by atoms with Gasteiger partial charge in [0.25, 0.3) is 0 Å². The van der Waals surface area contributed by atoms with Crippen molar-refractivity contribution in [1.29, 1.82) is 0 Å². The van der Waals surface area contributed by atoms with Crippen molar-refractivity contribution < 1.29 is 33.3 Å². The molecule has 54 heavy (non-hydrogen) atoms. The number of morpholine rings is 1. The number of pyridine rings is 1. The Labute approximate surface area is 317 Å². The minimum atomic E-state index is -0.959. The highest BCUT2D eigenvalue weighted by molar-refractivity contribution is 5.93. The molecule has 1 aromatic heterocycles. The molecule has 0 bridgehead atoms. The highest BCUT2D eigenvalue weighted by atomic mass is 16.6. The maximum atomic E-state index is 14.2. The monoisotopic (exact) mass is 748 g/mol. The largest absolute Gasteiger partial charge is 0.492 e. The number of likely N-dealkylation sites (tertiary alicyclic amines) is 1. The Balaban J connectivity index is 1.19. The van der Waals surface area contributed by atoms with E-state index in [0.717, 1.165) is 45.7 Å². The highest BCUT2D eigenvalue weighted by Crippen LogP contribution is 2.52. The van der Waals surface area contributed by atoms with Gasteiger partial charge in [0.2, 0.25) is 11.8 Å². The number of alkyl carbamates (subject to hydrolysis) is 1. The summed E-state index contributed by atoms with van der Waals surface area (Å²) in [5.74, 6) is 2.21. The molecule has 2 saturated heterocycles. The van der Waals surface area contributed by atoms with Crippen LogP contribution >= 0.6 is 0 Å².